The van der Waals surface area contributed by atoms with Crippen LogP contribution in [0.1, 0.15) is 25.0 Å². The van der Waals surface area contributed by atoms with Gasteiger partial charge in [0.25, 0.3) is 0 Å². The molecule has 0 aliphatic heterocycles. The number of rotatable bonds is 0. The molecule has 17 heavy (non-hydrogen) atoms. The Morgan fingerprint density at radius 1 is 0.647 bits per heavy atom. The van der Waals surface area contributed by atoms with Crippen LogP contribution in [0.15, 0.2) is 54.6 Å². The van der Waals surface area contributed by atoms with Crippen molar-refractivity contribution in [1.82, 2.24) is 0 Å². The maximum absolute atomic E-state index is 12.1. The zero-order valence-corrected chi connectivity index (χ0v) is 11.1. The average Bonchev–Trinajstić information content (AvgIpc) is 2.37. The van der Waals surface area contributed by atoms with E-state index in [0.29, 0.717) is 0 Å². The third-order valence-electron chi connectivity index (χ3n) is 1.95. The molecule has 0 aliphatic carbocycles. The van der Waals surface area contributed by atoms with Crippen LogP contribution in [0.25, 0.3) is 0 Å². The largest absolute Gasteiger partial charge is 0.207 e. The van der Waals surface area contributed by atoms with E-state index in [9.17, 15) is 4.39 Å². The van der Waals surface area contributed by atoms with E-state index in [1.807, 2.05) is 39.0 Å². The van der Waals surface area contributed by atoms with Gasteiger partial charge in [-0.3, -0.25) is 0 Å². The first-order valence-corrected chi connectivity index (χ1v) is 5.92. The Morgan fingerprint density at radius 2 is 1.06 bits per heavy atom. The molecule has 0 bridgehead atoms. The normalized spacial score (nSPS) is 8.29. The molecule has 0 nitrogen and oxygen atoms in total. The van der Waals surface area contributed by atoms with Crippen molar-refractivity contribution in [2.75, 3.05) is 0 Å². The van der Waals surface area contributed by atoms with E-state index in [1.165, 1.54) is 17.7 Å². The van der Waals surface area contributed by atoms with E-state index in [0.717, 1.165) is 5.56 Å². The predicted octanol–water partition coefficient (Wildman–Crippen LogP) is 5.16. The Bertz CT molecular complexity index is 355. The van der Waals surface area contributed by atoms with Crippen LogP contribution in [0.3, 0.4) is 0 Å². The molecule has 1 heteroatoms. The summed E-state index contributed by atoms with van der Waals surface area (Å²) in [4.78, 5) is 0. The highest BCUT2D eigenvalue weighted by Gasteiger charge is 1.83. The van der Waals surface area contributed by atoms with Crippen LogP contribution in [0.5, 0.6) is 0 Å². The van der Waals surface area contributed by atoms with Gasteiger partial charge in [0, 0.05) is 0 Å². The molecule has 0 unspecified atom stereocenters. The van der Waals surface area contributed by atoms with E-state index in [1.54, 1.807) is 12.1 Å². The van der Waals surface area contributed by atoms with E-state index in [2.05, 4.69) is 19.1 Å². The lowest BCUT2D eigenvalue weighted by Crippen LogP contribution is -1.71. The number of aryl methyl sites for hydroxylation is 2. The van der Waals surface area contributed by atoms with Crippen LogP contribution in [0, 0.1) is 19.7 Å². The fourth-order valence-electron chi connectivity index (χ4n) is 1.07. The predicted molar refractivity (Wildman–Crippen MR) is 73.7 cm³/mol. The summed E-state index contributed by atoms with van der Waals surface area (Å²) in [6, 6.07) is 16.7. The molecule has 0 saturated carbocycles. The monoisotopic (exact) mass is 232 g/mol. The van der Waals surface area contributed by atoms with Gasteiger partial charge >= 0.3 is 0 Å². The summed E-state index contributed by atoms with van der Waals surface area (Å²) >= 11 is 0. The van der Waals surface area contributed by atoms with E-state index in [4.69, 9.17) is 0 Å². The van der Waals surface area contributed by atoms with Gasteiger partial charge < -0.3 is 0 Å². The van der Waals surface area contributed by atoms with Crippen LogP contribution in [-0.2, 0) is 0 Å². The Hall–Kier alpha value is -1.63. The molecular weight excluding hydrogens is 211 g/mol. The summed E-state index contributed by atoms with van der Waals surface area (Å²) in [5, 5.41) is 0. The van der Waals surface area contributed by atoms with Crippen LogP contribution in [0.2, 0.25) is 0 Å². The molecule has 0 fully saturated rings. The smallest absolute Gasteiger partial charge is 0.123 e. The second-order valence-electron chi connectivity index (χ2n) is 3.45. The summed E-state index contributed by atoms with van der Waals surface area (Å²) in [6.45, 7) is 8.01. The van der Waals surface area contributed by atoms with Gasteiger partial charge in [-0.25, -0.2) is 4.39 Å². The van der Waals surface area contributed by atoms with E-state index >= 15 is 0 Å². The van der Waals surface area contributed by atoms with Crippen molar-refractivity contribution in [1.29, 1.82) is 0 Å². The molecule has 0 aromatic heterocycles. The molecule has 0 radical (unpaired) electrons. The fourth-order valence-corrected chi connectivity index (χ4v) is 1.07. The molecule has 2 rings (SSSR count). The van der Waals surface area contributed by atoms with Crippen molar-refractivity contribution in [3.63, 3.8) is 0 Å². The fraction of sp³-hybridized carbons (Fsp3) is 0.250. The third kappa shape index (κ3) is 8.21. The van der Waals surface area contributed by atoms with Gasteiger partial charge in [0.05, 0.1) is 0 Å². The summed E-state index contributed by atoms with van der Waals surface area (Å²) in [6.07, 6.45) is 0. The van der Waals surface area contributed by atoms with Crippen LogP contribution in [-0.4, -0.2) is 0 Å². The summed E-state index contributed by atoms with van der Waals surface area (Å²) < 4.78 is 12.1. The molecule has 0 saturated heterocycles. The highest BCUT2D eigenvalue weighted by Crippen LogP contribution is 1.98. The van der Waals surface area contributed by atoms with Gasteiger partial charge in [-0.1, -0.05) is 67.4 Å². The first kappa shape index (κ1) is 15.4. The quantitative estimate of drug-likeness (QED) is 0.589. The zero-order valence-electron chi connectivity index (χ0n) is 11.1. The summed E-state index contributed by atoms with van der Waals surface area (Å²) in [5.74, 6) is -0.171. The Kier molecular flexibility index (Phi) is 8.67. The maximum Gasteiger partial charge on any atom is 0.123 e. The number of hydrogen-bond acceptors (Lipinski definition) is 0. The zero-order chi connectivity index (χ0) is 13.1. The Morgan fingerprint density at radius 3 is 1.35 bits per heavy atom. The molecule has 0 N–H and O–H groups in total. The van der Waals surface area contributed by atoms with Gasteiger partial charge in [0.2, 0.25) is 0 Å². The Balaban J connectivity index is 0.000000265. The third-order valence-corrected chi connectivity index (χ3v) is 1.95. The van der Waals surface area contributed by atoms with Gasteiger partial charge in [-0.15, -0.1) is 0 Å². The van der Waals surface area contributed by atoms with Crippen molar-refractivity contribution >= 4 is 0 Å². The van der Waals surface area contributed by atoms with Crippen molar-refractivity contribution in [3.8, 4) is 0 Å². The van der Waals surface area contributed by atoms with Crippen LogP contribution >= 0.6 is 0 Å². The molecule has 0 heterocycles. The minimum absolute atomic E-state index is 0.171. The number of hydrogen-bond donors (Lipinski definition) is 0. The molecule has 92 valence electrons. The van der Waals surface area contributed by atoms with Crippen molar-refractivity contribution in [2.24, 2.45) is 0 Å². The van der Waals surface area contributed by atoms with Crippen molar-refractivity contribution in [3.05, 3.63) is 71.5 Å². The molecule has 0 amide bonds. The van der Waals surface area contributed by atoms with E-state index < -0.39 is 0 Å². The lowest BCUT2D eigenvalue weighted by Gasteiger charge is -1.87. The molecule has 2 aromatic carbocycles. The average molecular weight is 232 g/mol. The van der Waals surface area contributed by atoms with Gasteiger partial charge in [-0.05, 0) is 26.0 Å². The first-order chi connectivity index (χ1) is 8.18. The maximum atomic E-state index is 12.1. The standard InChI is InChI=1S/C7H7F.C7H8.C2H6/c1-6-2-4-7(8)5-3-6;1-7-5-3-2-4-6-7;1-2/h2-5H,1H3;2-6H,1H3;1-2H3. The SMILES string of the molecule is CC.Cc1ccc(F)cc1.Cc1ccccc1. The lowest BCUT2D eigenvalue weighted by atomic mass is 10.2. The van der Waals surface area contributed by atoms with Gasteiger partial charge in [0.1, 0.15) is 5.82 Å². The highest BCUT2D eigenvalue weighted by atomic mass is 19.1. The minimum atomic E-state index is -0.171. The lowest BCUT2D eigenvalue weighted by molar-refractivity contribution is 0.627. The molecule has 0 atom stereocenters. The van der Waals surface area contributed by atoms with Crippen molar-refractivity contribution < 1.29 is 4.39 Å². The summed E-state index contributed by atoms with van der Waals surface area (Å²) in [5.41, 5.74) is 2.41. The summed E-state index contributed by atoms with van der Waals surface area (Å²) in [7, 11) is 0. The Labute approximate surface area is 104 Å². The number of halogens is 1. The molecular formula is C16H21F. The highest BCUT2D eigenvalue weighted by molar-refractivity contribution is 5.13. The second-order valence-corrected chi connectivity index (χ2v) is 3.45. The first-order valence-electron chi connectivity index (χ1n) is 5.92. The molecule has 0 aliphatic rings. The van der Waals surface area contributed by atoms with Gasteiger partial charge in [-0.2, -0.15) is 0 Å². The topological polar surface area (TPSA) is 0 Å². The second kappa shape index (κ2) is 9.59. The molecule has 2 aromatic rings. The van der Waals surface area contributed by atoms with Gasteiger partial charge in [0.15, 0.2) is 0 Å². The van der Waals surface area contributed by atoms with Crippen molar-refractivity contribution in [2.45, 2.75) is 27.7 Å². The van der Waals surface area contributed by atoms with E-state index in [-0.39, 0.29) is 5.82 Å². The minimum Gasteiger partial charge on any atom is -0.207 e. The van der Waals surface area contributed by atoms with Crippen LogP contribution in [0.4, 0.5) is 4.39 Å². The number of benzene rings is 2. The molecule has 0 spiro atoms. The van der Waals surface area contributed by atoms with Crippen LogP contribution < -0.4 is 0 Å².